The van der Waals surface area contributed by atoms with E-state index in [1.54, 1.807) is 0 Å². The number of benzene rings is 6. The Labute approximate surface area is 276 Å². The predicted octanol–water partition coefficient (Wildman–Crippen LogP) is 11.4. The van der Waals surface area contributed by atoms with Gasteiger partial charge in [0, 0.05) is 55.2 Å². The van der Waals surface area contributed by atoms with Crippen LogP contribution in [0.4, 0.5) is 0 Å². The predicted molar refractivity (Wildman–Crippen MR) is 197 cm³/mol. The van der Waals surface area contributed by atoms with Crippen molar-refractivity contribution < 1.29 is 9.15 Å². The molecule has 0 N–H and O–H groups in total. The molecule has 0 saturated heterocycles. The van der Waals surface area contributed by atoms with E-state index < -0.39 is 0 Å². The SMILES string of the molecule is CC1=CC2Oc3c(ccc4c3oc3cc(C)c(-n5c6ccccc6c6ccccc65)cc34)C2C=C1n1c2ccccc2c2ccccc21. The highest BCUT2D eigenvalue weighted by atomic mass is 16.5. The third kappa shape index (κ3) is 3.34. The van der Waals surface area contributed by atoms with Crippen molar-refractivity contribution in [2.24, 2.45) is 0 Å². The number of para-hydroxylation sites is 4. The molecule has 2 aliphatic rings. The third-order valence-electron chi connectivity index (χ3n) is 10.7. The zero-order valence-corrected chi connectivity index (χ0v) is 26.6. The van der Waals surface area contributed by atoms with E-state index in [-0.39, 0.29) is 12.0 Å². The molecule has 2 unspecified atom stereocenters. The molecule has 6 aromatic carbocycles. The van der Waals surface area contributed by atoms with Crippen LogP contribution in [0.5, 0.6) is 5.75 Å². The molecular weight excluding hydrogens is 588 g/mol. The minimum Gasteiger partial charge on any atom is -0.481 e. The van der Waals surface area contributed by atoms with Gasteiger partial charge in [-0.15, -0.1) is 0 Å². The highest BCUT2D eigenvalue weighted by Crippen LogP contribution is 2.50. The Bertz CT molecular complexity index is 2800. The first-order chi connectivity index (χ1) is 23.6. The third-order valence-corrected chi connectivity index (χ3v) is 10.7. The van der Waals surface area contributed by atoms with E-state index in [1.165, 1.54) is 60.4 Å². The van der Waals surface area contributed by atoms with Crippen molar-refractivity contribution in [2.75, 3.05) is 0 Å². The van der Waals surface area contributed by atoms with Gasteiger partial charge in [0.05, 0.1) is 22.1 Å². The van der Waals surface area contributed by atoms with Gasteiger partial charge in [0.2, 0.25) is 0 Å². The Kier molecular flexibility index (Phi) is 5.06. The number of hydrogen-bond donors (Lipinski definition) is 0. The smallest absolute Gasteiger partial charge is 0.177 e. The number of aromatic nitrogens is 2. The van der Waals surface area contributed by atoms with Gasteiger partial charge in [0.25, 0.3) is 0 Å². The number of ether oxygens (including phenoxy) is 1. The van der Waals surface area contributed by atoms with E-state index in [2.05, 4.69) is 156 Å². The Hall–Kier alpha value is -6.00. The van der Waals surface area contributed by atoms with Crippen LogP contribution in [-0.4, -0.2) is 15.2 Å². The lowest BCUT2D eigenvalue weighted by Crippen LogP contribution is -2.20. The highest BCUT2D eigenvalue weighted by Gasteiger charge is 2.38. The van der Waals surface area contributed by atoms with E-state index in [0.717, 1.165) is 38.9 Å². The topological polar surface area (TPSA) is 32.2 Å². The van der Waals surface area contributed by atoms with Crippen LogP contribution in [0.1, 0.15) is 24.0 Å². The fraction of sp³-hybridized carbons (Fsp3) is 0.0909. The summed E-state index contributed by atoms with van der Waals surface area (Å²) >= 11 is 0. The Morgan fingerprint density at radius 2 is 1.10 bits per heavy atom. The maximum atomic E-state index is 6.78. The molecule has 0 amide bonds. The van der Waals surface area contributed by atoms with Crippen molar-refractivity contribution in [3.05, 3.63) is 150 Å². The molecule has 4 heteroatoms. The summed E-state index contributed by atoms with van der Waals surface area (Å²) in [4.78, 5) is 0. The largest absolute Gasteiger partial charge is 0.481 e. The van der Waals surface area contributed by atoms with Crippen molar-refractivity contribution in [3.8, 4) is 11.4 Å². The first kappa shape index (κ1) is 26.1. The van der Waals surface area contributed by atoms with Gasteiger partial charge < -0.3 is 18.3 Å². The zero-order chi connectivity index (χ0) is 31.7. The number of fused-ring (bicyclic) bond motifs is 13. The lowest BCUT2D eigenvalue weighted by Gasteiger charge is -2.24. The quantitative estimate of drug-likeness (QED) is 0.193. The van der Waals surface area contributed by atoms with Crippen molar-refractivity contribution in [1.29, 1.82) is 0 Å². The molecule has 48 heavy (non-hydrogen) atoms. The standard InChI is InChI=1S/C44H30N2O2/c1-25-21-41-33(23-39(25)45-35-15-7-3-11-27(35)28-12-4-8-16-36(28)45)31-19-20-32-34-24-40(26(2)22-42(34)48-44(32)43(31)47-41)46-37-17-9-5-13-29(37)30-14-6-10-18-38(30)46/h3-24,33,41H,1-2H3. The van der Waals surface area contributed by atoms with Crippen LogP contribution in [0, 0.1) is 6.92 Å². The highest BCUT2D eigenvalue weighted by molar-refractivity contribution is 6.12. The van der Waals surface area contributed by atoms with E-state index in [0.29, 0.717) is 0 Å². The summed E-state index contributed by atoms with van der Waals surface area (Å²) in [6.07, 6.45) is 4.62. The number of furan rings is 1. The van der Waals surface area contributed by atoms with Crippen molar-refractivity contribution in [2.45, 2.75) is 25.9 Å². The van der Waals surface area contributed by atoms with Crippen LogP contribution in [0.3, 0.4) is 0 Å². The molecule has 1 aliphatic heterocycles. The average molecular weight is 619 g/mol. The molecule has 4 heterocycles. The normalized spacial score (nSPS) is 17.4. The number of hydrogen-bond acceptors (Lipinski definition) is 2. The Morgan fingerprint density at radius 3 is 1.71 bits per heavy atom. The molecule has 0 spiro atoms. The van der Waals surface area contributed by atoms with E-state index in [4.69, 9.17) is 9.15 Å². The van der Waals surface area contributed by atoms with Crippen LogP contribution in [0.25, 0.3) is 76.9 Å². The van der Waals surface area contributed by atoms with E-state index in [1.807, 2.05) is 0 Å². The molecular formula is C44H30N2O2. The first-order valence-corrected chi connectivity index (χ1v) is 16.7. The lowest BCUT2D eigenvalue weighted by molar-refractivity contribution is 0.268. The molecule has 3 aromatic heterocycles. The van der Waals surface area contributed by atoms with Gasteiger partial charge in [-0.25, -0.2) is 0 Å². The maximum absolute atomic E-state index is 6.78. The van der Waals surface area contributed by atoms with Gasteiger partial charge >= 0.3 is 0 Å². The second-order valence-electron chi connectivity index (χ2n) is 13.3. The minimum atomic E-state index is -0.0782. The second-order valence-corrected chi connectivity index (χ2v) is 13.3. The average Bonchev–Trinajstić information content (AvgIpc) is 3.85. The Balaban J connectivity index is 1.09. The molecule has 1 aliphatic carbocycles. The van der Waals surface area contributed by atoms with Crippen LogP contribution >= 0.6 is 0 Å². The summed E-state index contributed by atoms with van der Waals surface area (Å²) in [5.74, 6) is 0.949. The van der Waals surface area contributed by atoms with Crippen LogP contribution < -0.4 is 4.74 Å². The van der Waals surface area contributed by atoms with Gasteiger partial charge in [-0.3, -0.25) is 0 Å². The molecule has 228 valence electrons. The fourth-order valence-corrected chi connectivity index (χ4v) is 8.55. The number of rotatable bonds is 2. The van der Waals surface area contributed by atoms with E-state index >= 15 is 0 Å². The summed E-state index contributed by atoms with van der Waals surface area (Å²) in [5.41, 5.74) is 12.5. The fourth-order valence-electron chi connectivity index (χ4n) is 8.55. The van der Waals surface area contributed by atoms with Crippen LogP contribution in [-0.2, 0) is 0 Å². The molecule has 4 nitrogen and oxygen atoms in total. The van der Waals surface area contributed by atoms with Gasteiger partial charge in [-0.05, 0) is 79.6 Å². The van der Waals surface area contributed by atoms with Gasteiger partial charge in [-0.1, -0.05) is 78.9 Å². The zero-order valence-electron chi connectivity index (χ0n) is 26.6. The van der Waals surface area contributed by atoms with Crippen molar-refractivity contribution in [3.63, 3.8) is 0 Å². The molecule has 2 atom stereocenters. The van der Waals surface area contributed by atoms with Gasteiger partial charge in [0.1, 0.15) is 11.7 Å². The second kappa shape index (κ2) is 9.30. The summed E-state index contributed by atoms with van der Waals surface area (Å²) in [7, 11) is 0. The van der Waals surface area contributed by atoms with Gasteiger partial charge in [0.15, 0.2) is 11.3 Å². The van der Waals surface area contributed by atoms with Gasteiger partial charge in [-0.2, -0.15) is 0 Å². The molecule has 0 saturated carbocycles. The minimum absolute atomic E-state index is 0.0782. The summed E-state index contributed by atoms with van der Waals surface area (Å²) < 4.78 is 18.3. The molecule has 11 rings (SSSR count). The first-order valence-electron chi connectivity index (χ1n) is 16.7. The summed E-state index contributed by atoms with van der Waals surface area (Å²) in [6.45, 7) is 4.38. The van der Waals surface area contributed by atoms with E-state index in [9.17, 15) is 0 Å². The Morgan fingerprint density at radius 1 is 0.542 bits per heavy atom. The maximum Gasteiger partial charge on any atom is 0.177 e. The summed E-state index contributed by atoms with van der Waals surface area (Å²) in [5, 5.41) is 7.24. The number of aryl methyl sites for hydroxylation is 1. The molecule has 0 radical (unpaired) electrons. The van der Waals surface area contributed by atoms with Crippen LogP contribution in [0.2, 0.25) is 0 Å². The molecule has 0 fully saturated rings. The van der Waals surface area contributed by atoms with Crippen molar-refractivity contribution in [1.82, 2.24) is 9.13 Å². The monoisotopic (exact) mass is 618 g/mol. The number of nitrogens with zero attached hydrogens (tertiary/aromatic N) is 2. The molecule has 0 bridgehead atoms. The molecule has 9 aromatic rings. The lowest BCUT2D eigenvalue weighted by atomic mass is 9.87. The van der Waals surface area contributed by atoms with Crippen LogP contribution in [0.15, 0.2) is 143 Å². The number of allylic oxidation sites excluding steroid dienone is 2. The summed E-state index contributed by atoms with van der Waals surface area (Å²) in [6, 6.07) is 43.7. The van der Waals surface area contributed by atoms with Crippen molar-refractivity contribution >= 4 is 71.2 Å².